The van der Waals surface area contributed by atoms with Gasteiger partial charge >= 0.3 is 6.03 Å². The molecule has 1 aromatic rings. The summed E-state index contributed by atoms with van der Waals surface area (Å²) < 4.78 is 0. The molecule has 122 valence electrons. The number of carbonyl (C=O) groups excluding carboxylic acids is 3. The van der Waals surface area contributed by atoms with Crippen LogP contribution in [0, 0.1) is 19.8 Å². The number of aliphatic imine (C=N–C) groups is 1. The van der Waals surface area contributed by atoms with E-state index in [1.165, 1.54) is 6.21 Å². The Morgan fingerprint density at radius 1 is 1.26 bits per heavy atom. The van der Waals surface area contributed by atoms with Gasteiger partial charge in [0, 0.05) is 19.4 Å². The second-order valence-electron chi connectivity index (χ2n) is 5.35. The molecule has 0 radical (unpaired) electrons. The number of aliphatic hydroxyl groups is 1. The normalized spacial score (nSPS) is 18.7. The lowest BCUT2D eigenvalue weighted by Crippen LogP contribution is -2.58. The molecule has 4 amide bonds. The maximum Gasteiger partial charge on any atom is 0.335 e. The molecule has 2 rings (SSSR count). The van der Waals surface area contributed by atoms with E-state index >= 15 is 0 Å². The van der Waals surface area contributed by atoms with Gasteiger partial charge in [0.05, 0.1) is 5.69 Å². The highest BCUT2D eigenvalue weighted by Crippen LogP contribution is 2.22. The van der Waals surface area contributed by atoms with Crippen molar-refractivity contribution in [1.82, 2.24) is 5.32 Å². The van der Waals surface area contributed by atoms with Crippen LogP contribution in [0.15, 0.2) is 23.2 Å². The summed E-state index contributed by atoms with van der Waals surface area (Å²) in [6, 6.07) is 4.44. The first kappa shape index (κ1) is 16.8. The average molecular weight is 317 g/mol. The number of nitrogens with one attached hydrogen (secondary N) is 1. The fraction of sp³-hybridized carbons (Fsp3) is 0.375. The Bertz CT molecular complexity index is 669. The number of rotatable bonds is 5. The zero-order valence-electron chi connectivity index (χ0n) is 13.1. The number of barbiturate groups is 1. The minimum atomic E-state index is -1.15. The highest BCUT2D eigenvalue weighted by atomic mass is 16.3. The molecule has 7 heteroatoms. The van der Waals surface area contributed by atoms with Crippen molar-refractivity contribution in [2.45, 2.75) is 20.3 Å². The Balaban J connectivity index is 2.26. The van der Waals surface area contributed by atoms with Crippen LogP contribution in [0.25, 0.3) is 0 Å². The van der Waals surface area contributed by atoms with E-state index in [9.17, 15) is 14.4 Å². The van der Waals surface area contributed by atoms with Gasteiger partial charge < -0.3 is 5.11 Å². The summed E-state index contributed by atoms with van der Waals surface area (Å²) in [5.74, 6) is -2.46. The van der Waals surface area contributed by atoms with Gasteiger partial charge in [0.15, 0.2) is 5.92 Å². The molecule has 1 aromatic carbocycles. The first-order chi connectivity index (χ1) is 11.0. The number of carbonyl (C=O) groups is 3. The average Bonchev–Trinajstić information content (AvgIpc) is 2.49. The number of imide groups is 2. The van der Waals surface area contributed by atoms with E-state index in [1.54, 1.807) is 12.1 Å². The van der Waals surface area contributed by atoms with Gasteiger partial charge in [-0.3, -0.25) is 19.9 Å². The van der Waals surface area contributed by atoms with Gasteiger partial charge in [-0.05, 0) is 43.5 Å². The number of amides is 4. The Morgan fingerprint density at radius 3 is 2.65 bits per heavy atom. The van der Waals surface area contributed by atoms with Gasteiger partial charge in [-0.1, -0.05) is 6.07 Å². The predicted molar refractivity (Wildman–Crippen MR) is 85.5 cm³/mol. The largest absolute Gasteiger partial charge is 0.396 e. The fourth-order valence-electron chi connectivity index (χ4n) is 2.17. The number of hydrogen-bond acceptors (Lipinski definition) is 5. The van der Waals surface area contributed by atoms with Crippen molar-refractivity contribution in [3.05, 3.63) is 29.3 Å². The quantitative estimate of drug-likeness (QED) is 0.480. The van der Waals surface area contributed by atoms with Crippen LogP contribution in [0.4, 0.5) is 10.5 Å². The van der Waals surface area contributed by atoms with Gasteiger partial charge in [-0.25, -0.2) is 9.69 Å². The molecule has 1 aliphatic rings. The second-order valence-corrected chi connectivity index (χ2v) is 5.35. The van der Waals surface area contributed by atoms with Crippen molar-refractivity contribution in [1.29, 1.82) is 0 Å². The number of hydrogen-bond donors (Lipinski definition) is 2. The molecule has 0 spiro atoms. The third kappa shape index (κ3) is 3.62. The van der Waals surface area contributed by atoms with Crippen LogP contribution in [0.1, 0.15) is 17.5 Å². The Morgan fingerprint density at radius 2 is 2.00 bits per heavy atom. The molecule has 2 N–H and O–H groups in total. The molecule has 1 aliphatic heterocycles. The van der Waals surface area contributed by atoms with E-state index in [0.29, 0.717) is 18.7 Å². The molecule has 1 fully saturated rings. The lowest BCUT2D eigenvalue weighted by atomic mass is 10.0. The summed E-state index contributed by atoms with van der Waals surface area (Å²) >= 11 is 0. The number of benzene rings is 1. The van der Waals surface area contributed by atoms with Crippen molar-refractivity contribution >= 4 is 29.7 Å². The molecule has 1 heterocycles. The molecule has 0 aliphatic carbocycles. The lowest BCUT2D eigenvalue weighted by Gasteiger charge is -2.28. The van der Waals surface area contributed by atoms with Crippen molar-refractivity contribution in [2.24, 2.45) is 10.9 Å². The van der Waals surface area contributed by atoms with Crippen LogP contribution in [0.5, 0.6) is 0 Å². The van der Waals surface area contributed by atoms with Crippen molar-refractivity contribution in [2.75, 3.05) is 18.1 Å². The summed E-state index contributed by atoms with van der Waals surface area (Å²) in [7, 11) is 0. The Hall–Kier alpha value is -2.54. The number of urea groups is 1. The van der Waals surface area contributed by atoms with Crippen molar-refractivity contribution in [3.63, 3.8) is 0 Å². The fourth-order valence-corrected chi connectivity index (χ4v) is 2.17. The number of nitrogens with zero attached hydrogens (tertiary/aromatic N) is 2. The van der Waals surface area contributed by atoms with Crippen molar-refractivity contribution in [3.8, 4) is 0 Å². The van der Waals surface area contributed by atoms with E-state index in [-0.39, 0.29) is 6.61 Å². The first-order valence-corrected chi connectivity index (χ1v) is 7.32. The van der Waals surface area contributed by atoms with Crippen LogP contribution in [-0.2, 0) is 9.59 Å². The van der Waals surface area contributed by atoms with Crippen molar-refractivity contribution < 1.29 is 19.5 Å². The Kier molecular flexibility index (Phi) is 5.23. The third-order valence-corrected chi connectivity index (χ3v) is 3.65. The van der Waals surface area contributed by atoms with E-state index in [2.05, 4.69) is 10.3 Å². The number of aryl methyl sites for hydroxylation is 2. The van der Waals surface area contributed by atoms with Gasteiger partial charge in [-0.15, -0.1) is 0 Å². The third-order valence-electron chi connectivity index (χ3n) is 3.65. The predicted octanol–water partition coefficient (Wildman–Crippen LogP) is 0.956. The maximum atomic E-state index is 12.5. The molecule has 7 nitrogen and oxygen atoms in total. The van der Waals surface area contributed by atoms with Crippen LogP contribution >= 0.6 is 0 Å². The molecule has 1 saturated heterocycles. The molecule has 23 heavy (non-hydrogen) atoms. The molecule has 0 aromatic heterocycles. The number of anilines is 1. The molecular formula is C16H19N3O4. The highest BCUT2D eigenvalue weighted by molar-refractivity contribution is 6.32. The topological polar surface area (TPSA) is 99.1 Å². The summed E-state index contributed by atoms with van der Waals surface area (Å²) in [5.41, 5.74) is 2.39. The molecular weight excluding hydrogens is 298 g/mol. The Labute approximate surface area is 134 Å². The van der Waals surface area contributed by atoms with Crippen LogP contribution in [0.3, 0.4) is 0 Å². The summed E-state index contributed by atoms with van der Waals surface area (Å²) in [6.07, 6.45) is 1.67. The highest BCUT2D eigenvalue weighted by Gasteiger charge is 2.40. The van der Waals surface area contributed by atoms with E-state index in [0.717, 1.165) is 16.0 Å². The van der Waals surface area contributed by atoms with Gasteiger partial charge in [0.1, 0.15) is 0 Å². The summed E-state index contributed by atoms with van der Waals surface area (Å²) in [6.45, 7) is 4.10. The van der Waals surface area contributed by atoms with Gasteiger partial charge in [0.2, 0.25) is 5.91 Å². The van der Waals surface area contributed by atoms with E-state index < -0.39 is 23.8 Å². The smallest absolute Gasteiger partial charge is 0.335 e. The molecule has 1 atom stereocenters. The summed E-state index contributed by atoms with van der Waals surface area (Å²) in [4.78, 5) is 41.3. The second kappa shape index (κ2) is 7.15. The molecule has 0 bridgehead atoms. The maximum absolute atomic E-state index is 12.5. The lowest BCUT2D eigenvalue weighted by molar-refractivity contribution is -0.131. The minimum Gasteiger partial charge on any atom is -0.396 e. The zero-order chi connectivity index (χ0) is 17.0. The summed E-state index contributed by atoms with van der Waals surface area (Å²) in [5, 5.41) is 10.9. The van der Waals surface area contributed by atoms with Gasteiger partial charge in [0.25, 0.3) is 5.91 Å². The zero-order valence-corrected chi connectivity index (χ0v) is 13.1. The van der Waals surface area contributed by atoms with Gasteiger partial charge in [-0.2, -0.15) is 0 Å². The van der Waals surface area contributed by atoms with Crippen LogP contribution in [0.2, 0.25) is 0 Å². The number of aliphatic hydroxyl groups excluding tert-OH is 1. The first-order valence-electron chi connectivity index (χ1n) is 7.32. The molecule has 0 saturated carbocycles. The van der Waals surface area contributed by atoms with Crippen LogP contribution < -0.4 is 10.2 Å². The minimum absolute atomic E-state index is 0.0184. The van der Waals surface area contributed by atoms with E-state index in [1.807, 2.05) is 19.9 Å². The molecule has 0 unspecified atom stereocenters. The monoisotopic (exact) mass is 317 g/mol. The SMILES string of the molecule is Cc1ccc(N2C(=O)NC(=O)[C@@H](C=NCCCO)C2=O)cc1C. The standard InChI is InChI=1S/C16H19N3O4/c1-10-4-5-12(8-11(10)2)19-15(22)13(9-17-6-3-7-20)14(21)18-16(19)23/h4-5,8-9,13,20H,3,6-7H2,1-2H3,(H,18,21,23)/t13-/m1/s1. The van der Waals surface area contributed by atoms with Crippen LogP contribution in [-0.4, -0.2) is 42.3 Å². The van der Waals surface area contributed by atoms with E-state index in [4.69, 9.17) is 5.11 Å².